The van der Waals surface area contributed by atoms with E-state index in [1.54, 1.807) is 31.4 Å². The summed E-state index contributed by atoms with van der Waals surface area (Å²) in [4.78, 5) is 0. The van der Waals surface area contributed by atoms with E-state index in [0.29, 0.717) is 12.4 Å². The molecule has 0 amide bonds. The predicted molar refractivity (Wildman–Crippen MR) is 56.4 cm³/mol. The Morgan fingerprint density at radius 1 is 1.57 bits per heavy atom. The van der Waals surface area contributed by atoms with Gasteiger partial charge in [0, 0.05) is 5.75 Å². The van der Waals surface area contributed by atoms with E-state index in [4.69, 9.17) is 9.47 Å². The van der Waals surface area contributed by atoms with Crippen LogP contribution in [0.5, 0.6) is 11.5 Å². The van der Waals surface area contributed by atoms with Crippen molar-refractivity contribution in [2.24, 2.45) is 0 Å². The Morgan fingerprint density at radius 2 is 2.29 bits per heavy atom. The van der Waals surface area contributed by atoms with Gasteiger partial charge in [-0.05, 0) is 0 Å². The van der Waals surface area contributed by atoms with Gasteiger partial charge in [0.2, 0.25) is 0 Å². The SMILES string of the molecule is C=CCOc1c[c-]ccc1OC.[Zn+][Br]. The number of methoxy groups -OCH3 is 1. The molecule has 0 unspecified atom stereocenters. The van der Waals surface area contributed by atoms with Crippen molar-refractivity contribution in [1.82, 2.24) is 0 Å². The molecular weight excluding hydrogens is 297 g/mol. The molecule has 0 bridgehead atoms. The van der Waals surface area contributed by atoms with Crippen LogP contribution in [-0.4, -0.2) is 13.7 Å². The van der Waals surface area contributed by atoms with Crippen molar-refractivity contribution >= 4 is 13.6 Å². The number of hydrogen-bond acceptors (Lipinski definition) is 2. The zero-order valence-corrected chi connectivity index (χ0v) is 12.7. The summed E-state index contributed by atoms with van der Waals surface area (Å²) in [5, 5.41) is 0. The maximum atomic E-state index is 5.30. The molecule has 0 aromatic heterocycles. The fraction of sp³-hybridized carbons (Fsp3) is 0.200. The molecular formula is C10H11BrO2Zn. The normalized spacial score (nSPS) is 8.29. The number of benzene rings is 1. The van der Waals surface area contributed by atoms with Crippen LogP contribution >= 0.6 is 13.6 Å². The molecule has 4 heteroatoms. The Kier molecular flexibility index (Phi) is 9.01. The number of hydrogen-bond donors (Lipinski definition) is 0. The molecule has 14 heavy (non-hydrogen) atoms. The van der Waals surface area contributed by atoms with Crippen molar-refractivity contribution in [2.75, 3.05) is 13.7 Å². The Balaban J connectivity index is 0.000000791. The van der Waals surface area contributed by atoms with Crippen molar-refractivity contribution < 1.29 is 25.8 Å². The second-order valence-corrected chi connectivity index (χ2v) is 2.18. The molecule has 1 aromatic rings. The molecule has 1 aromatic carbocycles. The van der Waals surface area contributed by atoms with Gasteiger partial charge < -0.3 is 9.47 Å². The van der Waals surface area contributed by atoms with Crippen molar-refractivity contribution in [3.8, 4) is 11.5 Å². The van der Waals surface area contributed by atoms with Gasteiger partial charge in [-0.3, -0.25) is 0 Å². The Hall–Kier alpha value is -0.337. The topological polar surface area (TPSA) is 18.5 Å². The van der Waals surface area contributed by atoms with Crippen LogP contribution in [0.4, 0.5) is 0 Å². The summed E-state index contributed by atoms with van der Waals surface area (Å²) in [5.74, 6) is 1.41. The summed E-state index contributed by atoms with van der Waals surface area (Å²) in [7, 11) is 1.61. The van der Waals surface area contributed by atoms with Gasteiger partial charge >= 0.3 is 30.0 Å². The van der Waals surface area contributed by atoms with Crippen LogP contribution in [0.2, 0.25) is 0 Å². The standard InChI is InChI=1S/C10H11O2.BrH.Zn/c1-3-8-12-10-7-5-4-6-9(10)11-2;;/h3-4,6-7H,1,8H2,2H3;1H;/q-1;;+2/p-1. The molecule has 1 rings (SSSR count). The molecule has 2 nitrogen and oxygen atoms in total. The molecule has 0 spiro atoms. The summed E-state index contributed by atoms with van der Waals surface area (Å²) in [6.45, 7) is 4.04. The Morgan fingerprint density at radius 3 is 2.86 bits per heavy atom. The molecule has 0 aliphatic rings. The van der Waals surface area contributed by atoms with Crippen molar-refractivity contribution in [3.05, 3.63) is 36.9 Å². The first-order valence-corrected chi connectivity index (χ1v) is 10.9. The number of rotatable bonds is 4. The summed E-state index contributed by atoms with van der Waals surface area (Å²) >= 11 is 4.25. The minimum atomic E-state index is 0.480. The molecule has 72 valence electrons. The van der Waals surface area contributed by atoms with Gasteiger partial charge in [0.15, 0.2) is 0 Å². The van der Waals surface area contributed by atoms with Crippen LogP contribution in [-0.2, 0) is 16.3 Å². The molecule has 0 atom stereocenters. The maximum absolute atomic E-state index is 5.30. The Bertz CT molecular complexity index is 266. The predicted octanol–water partition coefficient (Wildman–Crippen LogP) is 2.90. The van der Waals surface area contributed by atoms with Crippen molar-refractivity contribution in [2.45, 2.75) is 0 Å². The van der Waals surface area contributed by atoms with Gasteiger partial charge in [0.1, 0.15) is 0 Å². The molecule has 0 aliphatic heterocycles. The quantitative estimate of drug-likeness (QED) is 0.484. The first-order valence-electron chi connectivity index (χ1n) is 3.93. The third-order valence-electron chi connectivity index (χ3n) is 1.36. The molecule has 0 saturated heterocycles. The molecule has 0 saturated carbocycles. The zero-order valence-electron chi connectivity index (χ0n) is 8.13. The molecule has 0 N–H and O–H groups in total. The van der Waals surface area contributed by atoms with Gasteiger partial charge in [-0.1, -0.05) is 12.7 Å². The Labute approximate surface area is 101 Å². The van der Waals surface area contributed by atoms with Crippen molar-refractivity contribution in [3.63, 3.8) is 0 Å². The molecule has 0 aliphatic carbocycles. The van der Waals surface area contributed by atoms with Crippen LogP contribution in [0, 0.1) is 6.07 Å². The first-order chi connectivity index (χ1) is 6.88. The summed E-state index contributed by atoms with van der Waals surface area (Å²) < 4.78 is 10.4. The summed E-state index contributed by atoms with van der Waals surface area (Å²) in [6, 6.07) is 8.23. The van der Waals surface area contributed by atoms with E-state index in [-0.39, 0.29) is 0 Å². The third kappa shape index (κ3) is 4.78. The van der Waals surface area contributed by atoms with Crippen LogP contribution in [0.1, 0.15) is 0 Å². The summed E-state index contributed by atoms with van der Waals surface area (Å²) in [5.41, 5.74) is 0. The third-order valence-corrected chi connectivity index (χ3v) is 1.36. The van der Waals surface area contributed by atoms with Gasteiger partial charge in [-0.2, -0.15) is 12.1 Å². The van der Waals surface area contributed by atoms with Gasteiger partial charge in [0.05, 0.1) is 19.5 Å². The first kappa shape index (κ1) is 13.7. The van der Waals surface area contributed by atoms with E-state index >= 15 is 0 Å². The van der Waals surface area contributed by atoms with Gasteiger partial charge in [-0.25, -0.2) is 0 Å². The fourth-order valence-corrected chi connectivity index (χ4v) is 0.831. The van der Waals surface area contributed by atoms with E-state index < -0.39 is 0 Å². The van der Waals surface area contributed by atoms with E-state index in [1.165, 1.54) is 16.3 Å². The van der Waals surface area contributed by atoms with E-state index in [1.807, 2.05) is 0 Å². The van der Waals surface area contributed by atoms with Crippen LogP contribution in [0.15, 0.2) is 30.9 Å². The number of halogens is 1. The van der Waals surface area contributed by atoms with Crippen LogP contribution in [0.25, 0.3) is 0 Å². The second kappa shape index (κ2) is 9.23. The van der Waals surface area contributed by atoms with E-state index in [0.717, 1.165) is 5.75 Å². The number of ether oxygens (including phenoxy) is 2. The van der Waals surface area contributed by atoms with Crippen LogP contribution < -0.4 is 9.47 Å². The molecule has 0 fully saturated rings. The second-order valence-electron chi connectivity index (χ2n) is 2.18. The molecule has 0 radical (unpaired) electrons. The van der Waals surface area contributed by atoms with Crippen LogP contribution in [0.3, 0.4) is 0 Å². The fourth-order valence-electron chi connectivity index (χ4n) is 0.831. The minimum absolute atomic E-state index is 0.480. The van der Waals surface area contributed by atoms with E-state index in [9.17, 15) is 0 Å². The average molecular weight is 308 g/mol. The van der Waals surface area contributed by atoms with Gasteiger partial charge in [0.25, 0.3) is 0 Å². The molecule has 0 heterocycles. The average Bonchev–Trinajstić information content (AvgIpc) is 2.29. The van der Waals surface area contributed by atoms with Gasteiger partial charge in [-0.15, -0.1) is 12.1 Å². The monoisotopic (exact) mass is 306 g/mol. The zero-order chi connectivity index (χ0) is 10.8. The van der Waals surface area contributed by atoms with E-state index in [2.05, 4.69) is 26.3 Å². The van der Waals surface area contributed by atoms with Crippen molar-refractivity contribution in [1.29, 1.82) is 0 Å². The summed E-state index contributed by atoms with van der Waals surface area (Å²) in [6.07, 6.45) is 1.69.